The molecule has 9 nitrogen and oxygen atoms in total. The molecule has 2 amide bonds. The lowest BCUT2D eigenvalue weighted by molar-refractivity contribution is -0.120. The Hall–Kier alpha value is -2.62. The van der Waals surface area contributed by atoms with Crippen LogP contribution in [0.15, 0.2) is 22.7 Å². The van der Waals surface area contributed by atoms with Crippen molar-refractivity contribution in [2.75, 3.05) is 11.9 Å². The lowest BCUT2D eigenvalue weighted by Crippen LogP contribution is -2.45. The molecule has 10 heteroatoms. The minimum atomic E-state index is -0.702. The van der Waals surface area contributed by atoms with Crippen molar-refractivity contribution in [3.63, 3.8) is 0 Å². The zero-order chi connectivity index (χ0) is 23.8. The predicted molar refractivity (Wildman–Crippen MR) is 124 cm³/mol. The molecule has 3 rings (SSSR count). The number of carbonyl (C=O) groups is 3. The van der Waals surface area contributed by atoms with Crippen LogP contribution >= 0.6 is 15.9 Å². The first-order valence-electron chi connectivity index (χ1n) is 10.5. The third-order valence-electron chi connectivity index (χ3n) is 4.63. The predicted octanol–water partition coefficient (Wildman–Crippen LogP) is 4.92. The second-order valence-electron chi connectivity index (χ2n) is 9.72. The van der Waals surface area contributed by atoms with Gasteiger partial charge in [0.25, 0.3) is 0 Å². The lowest BCUT2D eigenvalue weighted by atomic mass is 10.2. The van der Waals surface area contributed by atoms with Crippen molar-refractivity contribution in [1.82, 2.24) is 14.7 Å². The van der Waals surface area contributed by atoms with Gasteiger partial charge in [-0.2, -0.15) is 4.68 Å². The van der Waals surface area contributed by atoms with E-state index < -0.39 is 29.4 Å². The molecule has 1 fully saturated rings. The summed E-state index contributed by atoms with van der Waals surface area (Å²) in [4.78, 5) is 39.7. The molecule has 0 saturated carbocycles. The molecule has 0 radical (unpaired) electrons. The number of amides is 2. The Morgan fingerprint density at radius 2 is 1.69 bits per heavy atom. The first-order valence-corrected chi connectivity index (χ1v) is 11.3. The van der Waals surface area contributed by atoms with Crippen LogP contribution in [0.3, 0.4) is 0 Å². The highest BCUT2D eigenvalue weighted by Crippen LogP contribution is 2.29. The summed E-state index contributed by atoms with van der Waals surface area (Å²) < 4.78 is 12.8. The highest BCUT2D eigenvalue weighted by atomic mass is 79.9. The number of aromatic nitrogens is 2. The zero-order valence-corrected chi connectivity index (χ0v) is 20.8. The van der Waals surface area contributed by atoms with E-state index in [1.54, 1.807) is 59.7 Å². The average molecular weight is 509 g/mol. The zero-order valence-electron chi connectivity index (χ0n) is 19.2. The molecule has 0 spiro atoms. The number of fused-ring (bicyclic) bond motifs is 1. The molecule has 1 aromatic carbocycles. The number of nitrogens with zero attached hydrogens (tertiary/aromatic N) is 3. The van der Waals surface area contributed by atoms with Crippen molar-refractivity contribution >= 4 is 50.7 Å². The summed E-state index contributed by atoms with van der Waals surface area (Å²) in [6.07, 6.45) is 0.0266. The number of likely N-dealkylation sites (tertiary alicyclic amines) is 1. The summed E-state index contributed by atoms with van der Waals surface area (Å²) in [7, 11) is 0. The molecule has 0 unspecified atom stereocenters. The number of carbonyl (C=O) groups excluding carboxylic acids is 3. The van der Waals surface area contributed by atoms with Crippen molar-refractivity contribution in [2.24, 2.45) is 0 Å². The Bertz CT molecular complexity index is 1050. The van der Waals surface area contributed by atoms with Crippen LogP contribution in [0.4, 0.5) is 15.4 Å². The molecule has 174 valence electrons. The first kappa shape index (κ1) is 24.0. The lowest BCUT2D eigenvalue weighted by Gasteiger charge is -2.27. The van der Waals surface area contributed by atoms with E-state index in [-0.39, 0.29) is 11.7 Å². The summed E-state index contributed by atoms with van der Waals surface area (Å²) >= 11 is 3.42. The van der Waals surface area contributed by atoms with Crippen LogP contribution in [0.25, 0.3) is 10.9 Å². The quantitative estimate of drug-likeness (QED) is 0.617. The largest absolute Gasteiger partial charge is 0.444 e. The van der Waals surface area contributed by atoms with Gasteiger partial charge in [-0.25, -0.2) is 9.59 Å². The molecule has 1 saturated heterocycles. The Labute approximate surface area is 195 Å². The molecule has 2 heterocycles. The van der Waals surface area contributed by atoms with Crippen LogP contribution in [0.1, 0.15) is 54.4 Å². The maximum atomic E-state index is 13.1. The van der Waals surface area contributed by atoms with Crippen LogP contribution in [-0.4, -0.2) is 56.6 Å². The highest BCUT2D eigenvalue weighted by Gasteiger charge is 2.37. The van der Waals surface area contributed by atoms with Crippen LogP contribution in [0, 0.1) is 0 Å². The molecule has 32 heavy (non-hydrogen) atoms. The van der Waals surface area contributed by atoms with Gasteiger partial charge >= 0.3 is 12.2 Å². The number of anilines is 1. The Morgan fingerprint density at radius 1 is 1.06 bits per heavy atom. The molecular formula is C22H29BrN4O5. The monoisotopic (exact) mass is 508 g/mol. The van der Waals surface area contributed by atoms with Crippen molar-refractivity contribution in [3.05, 3.63) is 22.7 Å². The van der Waals surface area contributed by atoms with E-state index in [2.05, 4.69) is 26.3 Å². The molecule has 1 N–H and O–H groups in total. The van der Waals surface area contributed by atoms with Crippen molar-refractivity contribution in [1.29, 1.82) is 0 Å². The van der Waals surface area contributed by atoms with E-state index in [9.17, 15) is 14.4 Å². The van der Waals surface area contributed by atoms with Crippen molar-refractivity contribution in [3.8, 4) is 0 Å². The van der Waals surface area contributed by atoms with Crippen molar-refractivity contribution < 1.29 is 23.9 Å². The van der Waals surface area contributed by atoms with E-state index in [1.165, 1.54) is 4.90 Å². The molecule has 2 aromatic rings. The molecule has 1 aliphatic heterocycles. The Kier molecular flexibility index (Phi) is 6.55. The number of rotatable bonds is 2. The van der Waals surface area contributed by atoms with Gasteiger partial charge in [-0.05, 0) is 72.6 Å². The smallest absolute Gasteiger partial charge is 0.435 e. The van der Waals surface area contributed by atoms with E-state index in [4.69, 9.17) is 9.47 Å². The van der Waals surface area contributed by atoms with E-state index in [1.807, 2.05) is 0 Å². The fourth-order valence-corrected chi connectivity index (χ4v) is 3.77. The standard InChI is InChI=1S/C22H29BrN4O5/c1-21(2,3)31-19(29)26-11-7-8-16(26)18(28)24-17-14-12-13(23)9-10-15(14)27(25-17)20(30)32-22(4,5)6/h9-10,12,16H,7-8,11H2,1-6H3,(H,24,25,28)/t16-/m0/s1. The fraction of sp³-hybridized carbons (Fsp3) is 0.545. The molecule has 1 aromatic heterocycles. The van der Waals surface area contributed by atoms with Gasteiger partial charge in [-0.1, -0.05) is 15.9 Å². The third kappa shape index (κ3) is 5.59. The van der Waals surface area contributed by atoms with E-state index in [0.717, 1.165) is 9.15 Å². The SMILES string of the molecule is CC(C)(C)OC(=O)N1CCC[C@H]1C(=O)Nc1nn(C(=O)OC(C)(C)C)c2ccc(Br)cc12. The molecule has 0 bridgehead atoms. The maximum Gasteiger partial charge on any atom is 0.435 e. The molecule has 1 atom stereocenters. The van der Waals surface area contributed by atoms with Gasteiger partial charge in [-0.3, -0.25) is 9.69 Å². The first-order chi connectivity index (χ1) is 14.7. The normalized spacial score (nSPS) is 16.8. The minimum Gasteiger partial charge on any atom is -0.444 e. The highest BCUT2D eigenvalue weighted by molar-refractivity contribution is 9.10. The molecule has 0 aliphatic carbocycles. The number of benzene rings is 1. The van der Waals surface area contributed by atoms with Gasteiger partial charge in [-0.15, -0.1) is 5.10 Å². The Morgan fingerprint density at radius 3 is 2.31 bits per heavy atom. The number of halogens is 1. The second kappa shape index (κ2) is 8.73. The summed E-state index contributed by atoms with van der Waals surface area (Å²) in [5.41, 5.74) is -0.866. The van der Waals surface area contributed by atoms with Gasteiger partial charge in [0, 0.05) is 16.4 Å². The van der Waals surface area contributed by atoms with Gasteiger partial charge in [0.15, 0.2) is 5.82 Å². The van der Waals surface area contributed by atoms with Gasteiger partial charge < -0.3 is 14.8 Å². The number of nitrogens with one attached hydrogen (secondary N) is 1. The summed E-state index contributed by atoms with van der Waals surface area (Å²) in [5, 5.41) is 7.67. The van der Waals surface area contributed by atoms with Crippen LogP contribution in [-0.2, 0) is 14.3 Å². The fourth-order valence-electron chi connectivity index (χ4n) is 3.41. The van der Waals surface area contributed by atoms with Gasteiger partial charge in [0.1, 0.15) is 17.2 Å². The Balaban J connectivity index is 1.88. The molecule has 1 aliphatic rings. The summed E-state index contributed by atoms with van der Waals surface area (Å²) in [6, 6.07) is 4.57. The number of hydrogen-bond acceptors (Lipinski definition) is 6. The number of ether oxygens (including phenoxy) is 2. The summed E-state index contributed by atoms with van der Waals surface area (Å²) in [6.45, 7) is 11.1. The van der Waals surface area contributed by atoms with Crippen LogP contribution in [0.5, 0.6) is 0 Å². The number of hydrogen-bond donors (Lipinski definition) is 1. The second-order valence-corrected chi connectivity index (χ2v) is 10.6. The minimum absolute atomic E-state index is 0.216. The topological polar surface area (TPSA) is 103 Å². The van der Waals surface area contributed by atoms with E-state index in [0.29, 0.717) is 30.3 Å². The average Bonchev–Trinajstić information content (AvgIpc) is 3.24. The van der Waals surface area contributed by atoms with Gasteiger partial charge in [0.05, 0.1) is 5.52 Å². The van der Waals surface area contributed by atoms with E-state index >= 15 is 0 Å². The van der Waals surface area contributed by atoms with Crippen LogP contribution < -0.4 is 5.32 Å². The maximum absolute atomic E-state index is 13.1. The molecular weight excluding hydrogens is 480 g/mol. The summed E-state index contributed by atoms with van der Waals surface area (Å²) in [5.74, 6) is -0.169. The van der Waals surface area contributed by atoms with Crippen molar-refractivity contribution in [2.45, 2.75) is 71.6 Å². The van der Waals surface area contributed by atoms with Gasteiger partial charge in [0.2, 0.25) is 5.91 Å². The van der Waals surface area contributed by atoms with Crippen LogP contribution in [0.2, 0.25) is 0 Å². The third-order valence-corrected chi connectivity index (χ3v) is 5.13.